The SMILES string of the molecule is COc1cccc(C(N)CN(C)c2cc(C)cc(C)c2)c1. The number of nitrogens with zero attached hydrogens (tertiary/aromatic N) is 1. The fourth-order valence-corrected chi connectivity index (χ4v) is 2.55. The topological polar surface area (TPSA) is 38.5 Å². The lowest BCUT2D eigenvalue weighted by Gasteiger charge is -2.24. The fourth-order valence-electron chi connectivity index (χ4n) is 2.55. The highest BCUT2D eigenvalue weighted by Gasteiger charge is 2.11. The van der Waals surface area contributed by atoms with Gasteiger partial charge in [0.15, 0.2) is 0 Å². The van der Waals surface area contributed by atoms with Crippen molar-refractivity contribution in [2.24, 2.45) is 5.73 Å². The predicted octanol–water partition coefficient (Wildman–Crippen LogP) is 3.45. The molecule has 0 aliphatic carbocycles. The molecule has 0 fully saturated rings. The molecule has 0 bridgehead atoms. The summed E-state index contributed by atoms with van der Waals surface area (Å²) in [4.78, 5) is 2.20. The zero-order chi connectivity index (χ0) is 15.4. The Morgan fingerprint density at radius 2 is 1.76 bits per heavy atom. The summed E-state index contributed by atoms with van der Waals surface area (Å²) >= 11 is 0. The lowest BCUT2D eigenvalue weighted by molar-refractivity contribution is 0.414. The number of benzene rings is 2. The third-order valence-electron chi connectivity index (χ3n) is 3.64. The molecule has 1 atom stereocenters. The molecule has 0 radical (unpaired) electrons. The van der Waals surface area contributed by atoms with Crippen molar-refractivity contribution in [2.75, 3.05) is 25.6 Å². The Balaban J connectivity index is 2.12. The molecule has 0 amide bonds. The van der Waals surface area contributed by atoms with Crippen LogP contribution in [0.4, 0.5) is 5.69 Å². The third kappa shape index (κ3) is 3.99. The Hall–Kier alpha value is -2.00. The predicted molar refractivity (Wildman–Crippen MR) is 89.1 cm³/mol. The fraction of sp³-hybridized carbons (Fsp3) is 0.333. The van der Waals surface area contributed by atoms with E-state index in [2.05, 4.69) is 44.0 Å². The molecule has 21 heavy (non-hydrogen) atoms. The second-order valence-electron chi connectivity index (χ2n) is 5.61. The van der Waals surface area contributed by atoms with Crippen LogP contribution in [0, 0.1) is 13.8 Å². The van der Waals surface area contributed by atoms with Crippen molar-refractivity contribution >= 4 is 5.69 Å². The summed E-state index contributed by atoms with van der Waals surface area (Å²) in [6, 6.07) is 14.5. The first kappa shape index (κ1) is 15.4. The smallest absolute Gasteiger partial charge is 0.119 e. The summed E-state index contributed by atoms with van der Waals surface area (Å²) in [7, 11) is 3.75. The van der Waals surface area contributed by atoms with Gasteiger partial charge in [0, 0.05) is 25.3 Å². The van der Waals surface area contributed by atoms with Gasteiger partial charge in [-0.05, 0) is 54.8 Å². The van der Waals surface area contributed by atoms with E-state index in [9.17, 15) is 0 Å². The molecule has 2 rings (SSSR count). The summed E-state index contributed by atoms with van der Waals surface area (Å²) < 4.78 is 5.26. The van der Waals surface area contributed by atoms with E-state index in [1.165, 1.54) is 16.8 Å². The molecule has 3 heteroatoms. The minimum atomic E-state index is -0.0501. The Morgan fingerprint density at radius 1 is 1.10 bits per heavy atom. The van der Waals surface area contributed by atoms with Gasteiger partial charge in [0.2, 0.25) is 0 Å². The van der Waals surface area contributed by atoms with Crippen LogP contribution in [0.1, 0.15) is 22.7 Å². The molecular weight excluding hydrogens is 260 g/mol. The number of methoxy groups -OCH3 is 1. The maximum Gasteiger partial charge on any atom is 0.119 e. The van der Waals surface area contributed by atoms with E-state index in [1.54, 1.807) is 7.11 Å². The van der Waals surface area contributed by atoms with Crippen LogP contribution in [-0.2, 0) is 0 Å². The van der Waals surface area contributed by atoms with Crippen LogP contribution >= 0.6 is 0 Å². The van der Waals surface area contributed by atoms with Gasteiger partial charge in [0.25, 0.3) is 0 Å². The van der Waals surface area contributed by atoms with Crippen LogP contribution < -0.4 is 15.4 Å². The van der Waals surface area contributed by atoms with Crippen LogP contribution in [0.5, 0.6) is 5.75 Å². The first-order valence-electron chi connectivity index (χ1n) is 7.18. The number of likely N-dealkylation sites (N-methyl/N-ethyl adjacent to an activating group) is 1. The lowest BCUT2D eigenvalue weighted by Crippen LogP contribution is -2.29. The summed E-state index contributed by atoms with van der Waals surface area (Å²) in [5, 5.41) is 0. The number of ether oxygens (including phenoxy) is 1. The van der Waals surface area contributed by atoms with E-state index >= 15 is 0 Å². The Bertz CT molecular complexity index is 590. The average molecular weight is 284 g/mol. The molecular formula is C18H24N2O. The third-order valence-corrected chi connectivity index (χ3v) is 3.64. The quantitative estimate of drug-likeness (QED) is 0.914. The average Bonchev–Trinajstić information content (AvgIpc) is 2.46. The van der Waals surface area contributed by atoms with Crippen LogP contribution in [-0.4, -0.2) is 20.7 Å². The molecule has 112 valence electrons. The van der Waals surface area contributed by atoms with Crippen LogP contribution in [0.2, 0.25) is 0 Å². The van der Waals surface area contributed by atoms with Gasteiger partial charge in [-0.3, -0.25) is 0 Å². The Labute approximate surface area is 127 Å². The highest BCUT2D eigenvalue weighted by atomic mass is 16.5. The van der Waals surface area contributed by atoms with E-state index in [4.69, 9.17) is 10.5 Å². The second-order valence-corrected chi connectivity index (χ2v) is 5.61. The number of hydrogen-bond donors (Lipinski definition) is 1. The van der Waals surface area contributed by atoms with Crippen molar-refractivity contribution in [3.05, 3.63) is 59.2 Å². The maximum absolute atomic E-state index is 6.34. The van der Waals surface area contributed by atoms with Gasteiger partial charge < -0.3 is 15.4 Å². The molecule has 2 N–H and O–H groups in total. The van der Waals surface area contributed by atoms with Crippen LogP contribution in [0.3, 0.4) is 0 Å². The zero-order valence-electron chi connectivity index (χ0n) is 13.3. The minimum Gasteiger partial charge on any atom is -0.497 e. The molecule has 0 saturated carbocycles. The standard InChI is InChI=1S/C18H24N2O/c1-13-8-14(2)10-16(9-13)20(3)12-18(19)15-6-5-7-17(11-15)21-4/h5-11,18H,12,19H2,1-4H3. The number of aryl methyl sites for hydroxylation is 2. The first-order chi connectivity index (χ1) is 9.99. The van der Waals surface area contributed by atoms with Gasteiger partial charge in [-0.1, -0.05) is 18.2 Å². The Morgan fingerprint density at radius 3 is 2.38 bits per heavy atom. The molecule has 3 nitrogen and oxygen atoms in total. The van der Waals surface area contributed by atoms with E-state index in [-0.39, 0.29) is 6.04 Å². The molecule has 0 aliphatic rings. The number of rotatable bonds is 5. The van der Waals surface area contributed by atoms with Gasteiger partial charge in [-0.25, -0.2) is 0 Å². The van der Waals surface area contributed by atoms with E-state index in [0.717, 1.165) is 17.9 Å². The number of hydrogen-bond acceptors (Lipinski definition) is 3. The van der Waals surface area contributed by atoms with Gasteiger partial charge in [0.05, 0.1) is 7.11 Å². The van der Waals surface area contributed by atoms with E-state index in [1.807, 2.05) is 24.3 Å². The molecule has 0 heterocycles. The van der Waals surface area contributed by atoms with E-state index in [0.29, 0.717) is 0 Å². The number of nitrogens with two attached hydrogens (primary N) is 1. The van der Waals surface area contributed by atoms with Crippen molar-refractivity contribution in [2.45, 2.75) is 19.9 Å². The van der Waals surface area contributed by atoms with E-state index < -0.39 is 0 Å². The molecule has 2 aromatic carbocycles. The minimum absolute atomic E-state index is 0.0501. The highest BCUT2D eigenvalue weighted by molar-refractivity contribution is 5.50. The van der Waals surface area contributed by atoms with Crippen LogP contribution in [0.15, 0.2) is 42.5 Å². The summed E-state index contributed by atoms with van der Waals surface area (Å²) in [5.41, 5.74) is 11.2. The largest absolute Gasteiger partial charge is 0.497 e. The molecule has 2 aromatic rings. The summed E-state index contributed by atoms with van der Waals surface area (Å²) in [6.07, 6.45) is 0. The summed E-state index contributed by atoms with van der Waals surface area (Å²) in [5.74, 6) is 0.844. The monoisotopic (exact) mass is 284 g/mol. The Kier molecular flexibility index (Phi) is 4.86. The van der Waals surface area contributed by atoms with Crippen molar-refractivity contribution in [1.29, 1.82) is 0 Å². The van der Waals surface area contributed by atoms with Gasteiger partial charge in [-0.2, -0.15) is 0 Å². The summed E-state index contributed by atoms with van der Waals surface area (Å²) in [6.45, 7) is 4.99. The van der Waals surface area contributed by atoms with Crippen molar-refractivity contribution in [1.82, 2.24) is 0 Å². The van der Waals surface area contributed by atoms with Crippen molar-refractivity contribution in [3.63, 3.8) is 0 Å². The van der Waals surface area contributed by atoms with Gasteiger partial charge in [0.1, 0.15) is 5.75 Å². The van der Waals surface area contributed by atoms with Crippen LogP contribution in [0.25, 0.3) is 0 Å². The molecule has 0 saturated heterocycles. The second kappa shape index (κ2) is 6.64. The molecule has 0 aromatic heterocycles. The normalized spacial score (nSPS) is 12.0. The molecule has 0 aliphatic heterocycles. The molecule has 1 unspecified atom stereocenters. The van der Waals surface area contributed by atoms with Gasteiger partial charge in [-0.15, -0.1) is 0 Å². The highest BCUT2D eigenvalue weighted by Crippen LogP contribution is 2.22. The maximum atomic E-state index is 6.34. The molecule has 0 spiro atoms. The zero-order valence-corrected chi connectivity index (χ0v) is 13.3. The lowest BCUT2D eigenvalue weighted by atomic mass is 10.1. The number of anilines is 1. The van der Waals surface area contributed by atoms with Crippen molar-refractivity contribution in [3.8, 4) is 5.75 Å². The van der Waals surface area contributed by atoms with Crippen molar-refractivity contribution < 1.29 is 4.74 Å². The first-order valence-corrected chi connectivity index (χ1v) is 7.18. The van der Waals surface area contributed by atoms with Gasteiger partial charge >= 0.3 is 0 Å².